The van der Waals surface area contributed by atoms with Gasteiger partial charge in [0.25, 0.3) is 0 Å². The minimum absolute atomic E-state index is 0.439. The maximum absolute atomic E-state index is 12.9. The number of benzene rings is 2. The first-order valence-corrected chi connectivity index (χ1v) is 8.36. The highest BCUT2D eigenvalue weighted by Crippen LogP contribution is 2.36. The highest BCUT2D eigenvalue weighted by molar-refractivity contribution is 6.31. The second kappa shape index (κ2) is 6.45. The van der Waals surface area contributed by atoms with Crippen molar-refractivity contribution in [3.8, 4) is 17.0 Å². The van der Waals surface area contributed by atoms with Crippen LogP contribution in [0.1, 0.15) is 20.8 Å². The zero-order valence-corrected chi connectivity index (χ0v) is 15.4. The number of carbonyl (C=O) groups is 1. The number of rotatable bonds is 2. The Kier molecular flexibility index (Phi) is 4.48. The van der Waals surface area contributed by atoms with Crippen molar-refractivity contribution in [3.63, 3.8) is 0 Å². The Morgan fingerprint density at radius 3 is 2.48 bits per heavy atom. The summed E-state index contributed by atoms with van der Waals surface area (Å²) in [6.45, 7) is 5.53. The monoisotopic (exact) mass is 357 g/mol. The summed E-state index contributed by atoms with van der Waals surface area (Å²) in [5.41, 5.74) is 1.58. The molecule has 2 aromatic carbocycles. The van der Waals surface area contributed by atoms with E-state index in [9.17, 15) is 4.79 Å². The van der Waals surface area contributed by atoms with E-state index in [0.29, 0.717) is 16.5 Å². The third-order valence-electron chi connectivity index (χ3n) is 3.72. The quantitative estimate of drug-likeness (QED) is 0.586. The summed E-state index contributed by atoms with van der Waals surface area (Å²) in [7, 11) is 1.59. The number of hydrogen-bond acceptors (Lipinski definition) is 3. The van der Waals surface area contributed by atoms with Crippen LogP contribution in [-0.4, -0.2) is 23.4 Å². The molecule has 0 bridgehead atoms. The first kappa shape index (κ1) is 17.4. The van der Waals surface area contributed by atoms with Crippen molar-refractivity contribution in [1.29, 1.82) is 0 Å². The lowest BCUT2D eigenvalue weighted by atomic mass is 10.1. The summed E-state index contributed by atoms with van der Waals surface area (Å²) >= 11 is 6.18. The fraction of sp³-hybridized carbons (Fsp3) is 0.250. The van der Waals surface area contributed by atoms with E-state index >= 15 is 0 Å². The van der Waals surface area contributed by atoms with Crippen molar-refractivity contribution < 1.29 is 14.3 Å². The Morgan fingerprint density at radius 2 is 1.80 bits per heavy atom. The smallest absolute Gasteiger partial charge is 0.419 e. The van der Waals surface area contributed by atoms with Gasteiger partial charge in [-0.05, 0) is 51.1 Å². The molecular weight excluding hydrogens is 338 g/mol. The first-order chi connectivity index (χ1) is 11.8. The third kappa shape index (κ3) is 3.49. The van der Waals surface area contributed by atoms with Crippen LogP contribution in [0.2, 0.25) is 5.02 Å². The lowest BCUT2D eigenvalue weighted by molar-refractivity contribution is 0.0547. The molecule has 0 unspecified atom stereocenters. The fourth-order valence-corrected chi connectivity index (χ4v) is 2.91. The topological polar surface area (TPSA) is 40.5 Å². The number of para-hydroxylation sites is 1. The number of fused-ring (bicyclic) bond motifs is 1. The molecule has 0 atom stereocenters. The number of nitrogens with zero attached hydrogens (tertiary/aromatic N) is 1. The number of hydrogen-bond donors (Lipinski definition) is 0. The summed E-state index contributed by atoms with van der Waals surface area (Å²) in [4.78, 5) is 12.9. The molecule has 1 aromatic heterocycles. The molecule has 0 fully saturated rings. The van der Waals surface area contributed by atoms with Gasteiger partial charge in [0.15, 0.2) is 0 Å². The van der Waals surface area contributed by atoms with E-state index in [2.05, 4.69) is 0 Å². The average molecular weight is 358 g/mol. The molecule has 0 spiro atoms. The van der Waals surface area contributed by atoms with Gasteiger partial charge in [0, 0.05) is 16.0 Å². The SMILES string of the molecule is COc1ccc(Cl)cc1-c1cc2ccccc2n1C(=O)OC(C)(C)C. The molecule has 3 rings (SSSR count). The van der Waals surface area contributed by atoms with Gasteiger partial charge in [-0.2, -0.15) is 0 Å². The lowest BCUT2D eigenvalue weighted by Crippen LogP contribution is -2.27. The molecule has 5 heteroatoms. The van der Waals surface area contributed by atoms with E-state index in [4.69, 9.17) is 21.1 Å². The third-order valence-corrected chi connectivity index (χ3v) is 3.96. The van der Waals surface area contributed by atoms with Crippen molar-refractivity contribution >= 4 is 28.6 Å². The summed E-state index contributed by atoms with van der Waals surface area (Å²) in [6, 6.07) is 14.9. The Hall–Kier alpha value is -2.46. The first-order valence-electron chi connectivity index (χ1n) is 7.98. The van der Waals surface area contributed by atoms with Crippen molar-refractivity contribution in [3.05, 3.63) is 53.6 Å². The van der Waals surface area contributed by atoms with Crippen LogP contribution >= 0.6 is 11.6 Å². The molecule has 0 aliphatic heterocycles. The molecule has 25 heavy (non-hydrogen) atoms. The van der Waals surface area contributed by atoms with Crippen LogP contribution < -0.4 is 4.74 Å². The lowest BCUT2D eigenvalue weighted by Gasteiger charge is -2.21. The summed E-state index contributed by atoms with van der Waals surface area (Å²) < 4.78 is 12.6. The predicted molar refractivity (Wildman–Crippen MR) is 101 cm³/mol. The fourth-order valence-electron chi connectivity index (χ4n) is 2.74. The summed E-state index contributed by atoms with van der Waals surface area (Å²) in [5, 5.41) is 1.50. The van der Waals surface area contributed by atoms with Crippen LogP contribution in [0.3, 0.4) is 0 Å². The molecule has 130 valence electrons. The Bertz CT molecular complexity index is 938. The highest BCUT2D eigenvalue weighted by Gasteiger charge is 2.24. The van der Waals surface area contributed by atoms with Gasteiger partial charge in [-0.1, -0.05) is 29.8 Å². The molecular formula is C20H20ClNO3. The van der Waals surface area contributed by atoms with Crippen molar-refractivity contribution in [2.24, 2.45) is 0 Å². The number of halogens is 1. The molecule has 4 nitrogen and oxygen atoms in total. The maximum Gasteiger partial charge on any atom is 0.419 e. The molecule has 1 heterocycles. The molecule has 0 amide bonds. The molecule has 0 saturated carbocycles. The summed E-state index contributed by atoms with van der Waals surface area (Å²) in [6.07, 6.45) is -0.439. The van der Waals surface area contributed by atoms with Crippen molar-refractivity contribution in [1.82, 2.24) is 4.57 Å². The van der Waals surface area contributed by atoms with Crippen LogP contribution in [0.25, 0.3) is 22.2 Å². The van der Waals surface area contributed by atoms with Crippen LogP contribution in [0.15, 0.2) is 48.5 Å². The van der Waals surface area contributed by atoms with E-state index < -0.39 is 11.7 Å². The van der Waals surface area contributed by atoms with Crippen LogP contribution in [0.4, 0.5) is 4.79 Å². The normalized spacial score (nSPS) is 11.6. The standard InChI is InChI=1S/C20H20ClNO3/c1-20(2,3)25-19(23)22-16-8-6-5-7-13(16)11-17(22)15-12-14(21)9-10-18(15)24-4/h5-12H,1-4H3. The van der Waals surface area contributed by atoms with Crippen molar-refractivity contribution in [2.75, 3.05) is 7.11 Å². The molecule has 0 aliphatic carbocycles. The van der Waals surface area contributed by atoms with Gasteiger partial charge in [0.1, 0.15) is 11.4 Å². The van der Waals surface area contributed by atoms with E-state index in [-0.39, 0.29) is 0 Å². The van der Waals surface area contributed by atoms with Gasteiger partial charge in [-0.15, -0.1) is 0 Å². The minimum Gasteiger partial charge on any atom is -0.496 e. The van der Waals surface area contributed by atoms with E-state index in [1.807, 2.05) is 51.1 Å². The van der Waals surface area contributed by atoms with Crippen LogP contribution in [0.5, 0.6) is 5.75 Å². The minimum atomic E-state index is -0.599. The zero-order valence-electron chi connectivity index (χ0n) is 14.7. The van der Waals surface area contributed by atoms with E-state index in [1.54, 1.807) is 29.9 Å². The van der Waals surface area contributed by atoms with Crippen LogP contribution in [-0.2, 0) is 4.74 Å². The van der Waals surface area contributed by atoms with E-state index in [0.717, 1.165) is 16.5 Å². The van der Waals surface area contributed by atoms with E-state index in [1.165, 1.54) is 0 Å². The van der Waals surface area contributed by atoms with Crippen LogP contribution in [0, 0.1) is 0 Å². The molecule has 0 radical (unpaired) electrons. The zero-order chi connectivity index (χ0) is 18.2. The molecule has 0 N–H and O–H groups in total. The maximum atomic E-state index is 12.9. The molecule has 3 aromatic rings. The number of ether oxygens (including phenoxy) is 2. The average Bonchev–Trinajstić information content (AvgIpc) is 2.92. The van der Waals surface area contributed by atoms with Gasteiger partial charge in [-0.25, -0.2) is 9.36 Å². The van der Waals surface area contributed by atoms with Gasteiger partial charge in [0.05, 0.1) is 18.3 Å². The second-order valence-electron chi connectivity index (χ2n) is 6.75. The Labute approximate surface area is 151 Å². The predicted octanol–water partition coefficient (Wildman–Crippen LogP) is 5.75. The van der Waals surface area contributed by atoms with Gasteiger partial charge in [-0.3, -0.25) is 0 Å². The van der Waals surface area contributed by atoms with Gasteiger partial charge in [0.2, 0.25) is 0 Å². The molecule has 0 aliphatic rings. The number of aromatic nitrogens is 1. The largest absolute Gasteiger partial charge is 0.496 e. The number of carbonyl (C=O) groups excluding carboxylic acids is 1. The number of methoxy groups -OCH3 is 1. The Balaban J connectivity index is 2.27. The van der Waals surface area contributed by atoms with Crippen molar-refractivity contribution in [2.45, 2.75) is 26.4 Å². The Morgan fingerprint density at radius 1 is 1.08 bits per heavy atom. The van der Waals surface area contributed by atoms with Gasteiger partial charge >= 0.3 is 6.09 Å². The highest BCUT2D eigenvalue weighted by atomic mass is 35.5. The molecule has 0 saturated heterocycles. The second-order valence-corrected chi connectivity index (χ2v) is 7.19. The summed E-state index contributed by atoms with van der Waals surface area (Å²) in [5.74, 6) is 0.636. The van der Waals surface area contributed by atoms with Gasteiger partial charge < -0.3 is 9.47 Å².